The zero-order valence-electron chi connectivity index (χ0n) is 31.3. The number of nitrogens with zero attached hydrogens (tertiary/aromatic N) is 3. The summed E-state index contributed by atoms with van der Waals surface area (Å²) in [5.74, 6) is 4.48. The first kappa shape index (κ1) is 46.9. The maximum absolute atomic E-state index is 12.2. The standard InChI is InChI=1S/C21H20ClN3O2S.C12H14O3.C9H8ClN3S.CH4/c1-2-3-12-27-20(26)16-9-5-4-8-15(16)13-23-25-21-24-19(14-28-21)17-10-6-7-11-18(17)22;1-2-3-8-15-12(14)11-7-5-4-6-10(11)9-13;10-7-4-2-1-3-6(7)8-5-14-9(12-8)13-11;/h4-11,13-14H,2-3,12H2,1H3,(H,24,25);4-7,9H,2-3,8H2,1H3;1-5H,11H2,(H,12,13);1H4/b23-13+;;;. The SMILES string of the molecule is C.CCCCOC(=O)c1ccccc1/C=N/Nc1nc(-c2ccccc2Cl)cs1.CCCCOC(=O)c1ccccc1C=O.NNc1nc(-c2ccccc2Cl)cs1. The van der Waals surface area contributed by atoms with Crippen molar-refractivity contribution in [2.75, 3.05) is 24.1 Å². The fourth-order valence-corrected chi connectivity index (χ4v) is 6.51. The minimum Gasteiger partial charge on any atom is -0.462 e. The summed E-state index contributed by atoms with van der Waals surface area (Å²) in [7, 11) is 0. The van der Waals surface area contributed by atoms with E-state index < -0.39 is 5.97 Å². The molecule has 0 radical (unpaired) electrons. The van der Waals surface area contributed by atoms with Gasteiger partial charge in [-0.25, -0.2) is 25.4 Å². The van der Waals surface area contributed by atoms with E-state index in [1.165, 1.54) is 22.7 Å². The Kier molecular flexibility index (Phi) is 20.8. The molecule has 304 valence electrons. The quantitative estimate of drug-likeness (QED) is 0.0227. The molecular formula is C43H46Cl2N6O5S2. The first-order valence-corrected chi connectivity index (χ1v) is 20.4. The molecule has 4 aromatic carbocycles. The third kappa shape index (κ3) is 14.5. The van der Waals surface area contributed by atoms with Crippen LogP contribution in [0.5, 0.6) is 0 Å². The van der Waals surface area contributed by atoms with E-state index in [9.17, 15) is 14.4 Å². The summed E-state index contributed by atoms with van der Waals surface area (Å²) in [4.78, 5) is 43.2. The molecule has 0 spiro atoms. The lowest BCUT2D eigenvalue weighted by molar-refractivity contribution is 0.0489. The number of hydrogen-bond acceptors (Lipinski definition) is 13. The molecule has 0 aliphatic carbocycles. The fraction of sp³-hybridized carbons (Fsp3) is 0.209. The van der Waals surface area contributed by atoms with Crippen molar-refractivity contribution in [1.82, 2.24) is 9.97 Å². The van der Waals surface area contributed by atoms with E-state index in [0.29, 0.717) is 62.1 Å². The molecule has 0 aliphatic rings. The van der Waals surface area contributed by atoms with Gasteiger partial charge in [-0.05, 0) is 37.1 Å². The molecule has 0 saturated carbocycles. The maximum atomic E-state index is 12.2. The Morgan fingerprint density at radius 2 is 1.16 bits per heavy atom. The van der Waals surface area contributed by atoms with Gasteiger partial charge in [0.1, 0.15) is 0 Å². The predicted molar refractivity (Wildman–Crippen MR) is 240 cm³/mol. The van der Waals surface area contributed by atoms with E-state index in [0.717, 1.165) is 48.2 Å². The molecule has 0 saturated heterocycles. The minimum atomic E-state index is -0.425. The second-order valence-electron chi connectivity index (χ2n) is 11.8. The van der Waals surface area contributed by atoms with Crippen LogP contribution in [-0.2, 0) is 9.47 Å². The molecule has 0 bridgehead atoms. The Labute approximate surface area is 357 Å². The number of nitrogens with two attached hydrogens (primary N) is 1. The van der Waals surface area contributed by atoms with Crippen molar-refractivity contribution in [2.24, 2.45) is 10.9 Å². The summed E-state index contributed by atoms with van der Waals surface area (Å²) in [6.45, 7) is 4.90. The van der Waals surface area contributed by atoms with Crippen LogP contribution < -0.4 is 16.7 Å². The van der Waals surface area contributed by atoms with Crippen molar-refractivity contribution < 1.29 is 23.9 Å². The van der Waals surface area contributed by atoms with Crippen molar-refractivity contribution in [3.63, 3.8) is 0 Å². The highest BCUT2D eigenvalue weighted by Gasteiger charge is 2.13. The van der Waals surface area contributed by atoms with Crippen LogP contribution in [0.2, 0.25) is 10.0 Å². The van der Waals surface area contributed by atoms with E-state index in [1.54, 1.807) is 42.6 Å². The molecule has 4 N–H and O–H groups in total. The number of anilines is 2. The Morgan fingerprint density at radius 3 is 1.64 bits per heavy atom. The second kappa shape index (κ2) is 25.7. The number of rotatable bonds is 15. The molecule has 6 aromatic rings. The van der Waals surface area contributed by atoms with Crippen LogP contribution >= 0.6 is 45.9 Å². The zero-order valence-corrected chi connectivity index (χ0v) is 34.5. The number of carbonyl (C=O) groups excluding carboxylic acids is 3. The molecule has 58 heavy (non-hydrogen) atoms. The van der Waals surface area contributed by atoms with Gasteiger partial charge in [0.05, 0.1) is 41.9 Å². The van der Waals surface area contributed by atoms with E-state index >= 15 is 0 Å². The smallest absolute Gasteiger partial charge is 0.338 e. The van der Waals surface area contributed by atoms with E-state index in [1.807, 2.05) is 78.3 Å². The van der Waals surface area contributed by atoms with Crippen molar-refractivity contribution >= 4 is 80.6 Å². The number of hydrazone groups is 1. The van der Waals surface area contributed by atoms with Gasteiger partial charge >= 0.3 is 11.9 Å². The first-order chi connectivity index (χ1) is 27.8. The van der Waals surface area contributed by atoms with Crippen molar-refractivity contribution in [3.8, 4) is 22.5 Å². The van der Waals surface area contributed by atoms with Crippen molar-refractivity contribution in [3.05, 3.63) is 140 Å². The molecule has 2 aromatic heterocycles. The van der Waals surface area contributed by atoms with Crippen LogP contribution in [0.3, 0.4) is 0 Å². The molecule has 0 unspecified atom stereocenters. The Bertz CT molecular complexity index is 2230. The lowest BCUT2D eigenvalue weighted by Gasteiger charge is -2.06. The van der Waals surface area contributed by atoms with Gasteiger partial charge in [0.15, 0.2) is 11.4 Å². The molecular weight excluding hydrogens is 816 g/mol. The largest absolute Gasteiger partial charge is 0.462 e. The van der Waals surface area contributed by atoms with Gasteiger partial charge in [-0.2, -0.15) is 5.10 Å². The molecule has 0 aliphatic heterocycles. The molecule has 0 amide bonds. The molecule has 2 heterocycles. The minimum absolute atomic E-state index is 0. The number of hydrogen-bond donors (Lipinski definition) is 3. The van der Waals surface area contributed by atoms with Crippen LogP contribution in [0.4, 0.5) is 10.3 Å². The van der Waals surface area contributed by atoms with E-state index in [2.05, 4.69) is 32.8 Å². The summed E-state index contributed by atoms with van der Waals surface area (Å²) in [6.07, 6.45) is 5.90. The van der Waals surface area contributed by atoms with Crippen molar-refractivity contribution in [2.45, 2.75) is 47.0 Å². The average molecular weight is 862 g/mol. The summed E-state index contributed by atoms with van der Waals surface area (Å²) < 4.78 is 10.3. The van der Waals surface area contributed by atoms with Crippen LogP contribution in [0, 0.1) is 0 Å². The molecule has 0 atom stereocenters. The number of carbonyl (C=O) groups is 3. The highest BCUT2D eigenvalue weighted by molar-refractivity contribution is 7.14. The molecule has 11 nitrogen and oxygen atoms in total. The molecule has 6 rings (SSSR count). The number of aromatic nitrogens is 2. The number of ether oxygens (including phenoxy) is 2. The number of thiazole rings is 2. The number of esters is 2. The van der Waals surface area contributed by atoms with Gasteiger partial charge in [0.2, 0.25) is 5.13 Å². The van der Waals surface area contributed by atoms with Gasteiger partial charge in [-0.3, -0.25) is 15.6 Å². The maximum Gasteiger partial charge on any atom is 0.338 e. The summed E-state index contributed by atoms with van der Waals surface area (Å²) in [5.41, 5.74) is 10.7. The van der Waals surface area contributed by atoms with Gasteiger partial charge in [-0.15, -0.1) is 22.7 Å². The lowest BCUT2D eigenvalue weighted by atomic mass is 10.1. The average Bonchev–Trinajstić information content (AvgIpc) is 3.92. The van der Waals surface area contributed by atoms with Gasteiger partial charge in [0.25, 0.3) is 0 Å². The van der Waals surface area contributed by atoms with Crippen molar-refractivity contribution in [1.29, 1.82) is 0 Å². The molecule has 0 fully saturated rings. The first-order valence-electron chi connectivity index (χ1n) is 17.9. The monoisotopic (exact) mass is 860 g/mol. The van der Waals surface area contributed by atoms with Gasteiger partial charge in [-0.1, -0.05) is 130 Å². The number of nitrogen functional groups attached to an aromatic ring is 1. The zero-order chi connectivity index (χ0) is 40.8. The van der Waals surface area contributed by atoms with Gasteiger partial charge < -0.3 is 9.47 Å². The van der Waals surface area contributed by atoms with E-state index in [4.69, 9.17) is 38.5 Å². The summed E-state index contributed by atoms with van der Waals surface area (Å²) in [6, 6.07) is 29.0. The fourth-order valence-electron chi connectivity index (χ4n) is 4.76. The third-order valence-corrected chi connectivity index (χ3v) is 9.93. The lowest BCUT2D eigenvalue weighted by Crippen LogP contribution is -2.09. The third-order valence-electron chi connectivity index (χ3n) is 7.75. The number of benzene rings is 4. The van der Waals surface area contributed by atoms with Gasteiger partial charge in [0, 0.05) is 43.1 Å². The van der Waals surface area contributed by atoms with Crippen LogP contribution in [0.25, 0.3) is 22.5 Å². The predicted octanol–water partition coefficient (Wildman–Crippen LogP) is 11.7. The Morgan fingerprint density at radius 1 is 0.707 bits per heavy atom. The number of aldehydes is 1. The number of unbranched alkanes of at least 4 members (excludes halogenated alkanes) is 2. The topological polar surface area (TPSA) is 158 Å². The number of halogens is 2. The Balaban J connectivity index is 0.000000253. The van der Waals surface area contributed by atoms with Crippen LogP contribution in [-0.4, -0.2) is 47.6 Å². The normalized spacial score (nSPS) is 10.2. The highest BCUT2D eigenvalue weighted by Crippen LogP contribution is 2.31. The Hall–Kier alpha value is -5.44. The second-order valence-corrected chi connectivity index (χ2v) is 14.4. The number of nitrogens with one attached hydrogen (secondary N) is 2. The molecule has 15 heteroatoms. The van der Waals surface area contributed by atoms with Crippen LogP contribution in [0.15, 0.2) is 113 Å². The van der Waals surface area contributed by atoms with Crippen LogP contribution in [0.1, 0.15) is 83.6 Å². The summed E-state index contributed by atoms with van der Waals surface area (Å²) >= 11 is 15.1. The van der Waals surface area contributed by atoms with E-state index in [-0.39, 0.29) is 13.4 Å². The highest BCUT2D eigenvalue weighted by atomic mass is 35.5. The number of hydrazine groups is 1. The summed E-state index contributed by atoms with van der Waals surface area (Å²) in [5, 5.41) is 10.7.